The van der Waals surface area contributed by atoms with Gasteiger partial charge in [-0.2, -0.15) is 0 Å². The molecule has 0 N–H and O–H groups in total. The van der Waals surface area contributed by atoms with Crippen molar-refractivity contribution in [2.24, 2.45) is 0 Å². The average Bonchev–Trinajstić information content (AvgIpc) is 3.11. The number of carbonyl (C=O) groups excluding carboxylic acids is 1. The molecule has 27 heavy (non-hydrogen) atoms. The Bertz CT molecular complexity index is 898. The molecule has 8 heteroatoms. The van der Waals surface area contributed by atoms with Crippen LogP contribution in [0.2, 0.25) is 0 Å². The van der Waals surface area contributed by atoms with Crippen molar-refractivity contribution in [3.8, 4) is 10.7 Å². The molecular formula is C19H20N4OS3. The van der Waals surface area contributed by atoms with Gasteiger partial charge in [0.2, 0.25) is 5.91 Å². The molecule has 1 fully saturated rings. The molecule has 3 heterocycles. The zero-order valence-corrected chi connectivity index (χ0v) is 17.2. The van der Waals surface area contributed by atoms with Gasteiger partial charge >= 0.3 is 0 Å². The first-order valence-electron chi connectivity index (χ1n) is 8.79. The molecule has 0 saturated heterocycles. The van der Waals surface area contributed by atoms with Crippen LogP contribution in [-0.4, -0.2) is 37.9 Å². The molecule has 1 amide bonds. The second-order valence-electron chi connectivity index (χ2n) is 6.32. The predicted octanol–water partition coefficient (Wildman–Crippen LogP) is 4.71. The third kappa shape index (κ3) is 4.34. The molecule has 3 aromatic heterocycles. The molecular weight excluding hydrogens is 396 g/mol. The Morgan fingerprint density at radius 1 is 1.30 bits per heavy atom. The highest BCUT2D eigenvalue weighted by molar-refractivity contribution is 7.99. The quantitative estimate of drug-likeness (QED) is 0.374. The van der Waals surface area contributed by atoms with Crippen molar-refractivity contribution in [3.63, 3.8) is 0 Å². The lowest BCUT2D eigenvalue weighted by Gasteiger charge is -2.20. The van der Waals surface area contributed by atoms with Gasteiger partial charge in [-0.25, -0.2) is 0 Å². The number of aromatic nitrogens is 3. The van der Waals surface area contributed by atoms with Crippen LogP contribution in [0.25, 0.3) is 10.7 Å². The van der Waals surface area contributed by atoms with Crippen LogP contribution in [0.3, 0.4) is 0 Å². The highest BCUT2D eigenvalue weighted by Crippen LogP contribution is 2.41. The molecule has 140 valence electrons. The van der Waals surface area contributed by atoms with Gasteiger partial charge in [-0.15, -0.1) is 39.4 Å². The largest absolute Gasteiger partial charge is 0.333 e. The number of amides is 1. The van der Waals surface area contributed by atoms with E-state index in [1.54, 1.807) is 28.7 Å². The van der Waals surface area contributed by atoms with Crippen molar-refractivity contribution >= 4 is 40.3 Å². The molecule has 1 aliphatic rings. The summed E-state index contributed by atoms with van der Waals surface area (Å²) in [6, 6.07) is 8.62. The summed E-state index contributed by atoms with van der Waals surface area (Å²) in [6.45, 7) is 4.96. The summed E-state index contributed by atoms with van der Waals surface area (Å²) in [4.78, 5) is 16.9. The minimum atomic E-state index is 0.0938. The number of thiophene rings is 2. The molecule has 0 atom stereocenters. The standard InChI is InChI=1S/C19H20N4OS3/c1-2-9-22(12-15-5-3-10-25-15)17(24)13-27-19-21-20-18(16-6-4-11-26-16)23(19)14-7-8-14/h2-6,10-11,14H,1,7-9,12-13H2. The molecule has 0 aliphatic heterocycles. The normalized spacial score (nSPS) is 13.6. The van der Waals surface area contributed by atoms with E-state index in [0.717, 1.165) is 28.7 Å². The summed E-state index contributed by atoms with van der Waals surface area (Å²) in [6.07, 6.45) is 4.08. The van der Waals surface area contributed by atoms with Gasteiger partial charge in [0, 0.05) is 17.5 Å². The van der Waals surface area contributed by atoms with E-state index >= 15 is 0 Å². The molecule has 0 radical (unpaired) electrons. The van der Waals surface area contributed by atoms with Gasteiger partial charge < -0.3 is 4.90 Å². The summed E-state index contributed by atoms with van der Waals surface area (Å²) < 4.78 is 2.21. The lowest BCUT2D eigenvalue weighted by atomic mass is 10.4. The highest BCUT2D eigenvalue weighted by Gasteiger charge is 2.30. The van der Waals surface area contributed by atoms with E-state index in [2.05, 4.69) is 38.9 Å². The molecule has 0 spiro atoms. The Kier molecular flexibility index (Phi) is 5.75. The maximum absolute atomic E-state index is 12.8. The minimum Gasteiger partial charge on any atom is -0.333 e. The van der Waals surface area contributed by atoms with E-state index < -0.39 is 0 Å². The third-order valence-electron chi connectivity index (χ3n) is 4.27. The molecule has 0 aromatic carbocycles. The Morgan fingerprint density at radius 3 is 2.78 bits per heavy atom. The lowest BCUT2D eigenvalue weighted by molar-refractivity contribution is -0.128. The van der Waals surface area contributed by atoms with Crippen LogP contribution < -0.4 is 0 Å². The van der Waals surface area contributed by atoms with Crippen LogP contribution in [0.1, 0.15) is 23.8 Å². The summed E-state index contributed by atoms with van der Waals surface area (Å²) in [5.74, 6) is 1.37. The summed E-state index contributed by atoms with van der Waals surface area (Å²) in [5, 5.41) is 13.7. The van der Waals surface area contributed by atoms with Gasteiger partial charge in [-0.1, -0.05) is 30.0 Å². The average molecular weight is 417 g/mol. The second-order valence-corrected chi connectivity index (χ2v) is 9.24. The van der Waals surface area contributed by atoms with Crippen LogP contribution in [-0.2, 0) is 11.3 Å². The Morgan fingerprint density at radius 2 is 2.11 bits per heavy atom. The van der Waals surface area contributed by atoms with E-state index in [4.69, 9.17) is 0 Å². The Labute approximate surface area is 170 Å². The highest BCUT2D eigenvalue weighted by atomic mass is 32.2. The predicted molar refractivity (Wildman–Crippen MR) is 112 cm³/mol. The van der Waals surface area contributed by atoms with Crippen molar-refractivity contribution in [3.05, 3.63) is 52.6 Å². The number of hydrogen-bond acceptors (Lipinski definition) is 6. The Hall–Kier alpha value is -1.90. The van der Waals surface area contributed by atoms with Crippen molar-refractivity contribution in [1.29, 1.82) is 0 Å². The van der Waals surface area contributed by atoms with Gasteiger partial charge in [0.15, 0.2) is 11.0 Å². The van der Waals surface area contributed by atoms with E-state index in [9.17, 15) is 4.79 Å². The van der Waals surface area contributed by atoms with Crippen LogP contribution in [0, 0.1) is 0 Å². The monoisotopic (exact) mass is 416 g/mol. The van der Waals surface area contributed by atoms with E-state index in [1.807, 2.05) is 22.4 Å². The fourth-order valence-corrected chi connectivity index (χ4v) is 5.16. The maximum Gasteiger partial charge on any atom is 0.233 e. The number of carbonyl (C=O) groups is 1. The third-order valence-corrected chi connectivity index (χ3v) is 6.93. The lowest BCUT2D eigenvalue weighted by Crippen LogP contribution is -2.31. The van der Waals surface area contributed by atoms with Gasteiger partial charge in [0.05, 0.1) is 17.2 Å². The van der Waals surface area contributed by atoms with Gasteiger partial charge in [-0.05, 0) is 35.7 Å². The van der Waals surface area contributed by atoms with Gasteiger partial charge in [-0.3, -0.25) is 9.36 Å². The number of rotatable bonds is 9. The molecule has 0 unspecified atom stereocenters. The van der Waals surface area contributed by atoms with Crippen molar-refractivity contribution in [2.75, 3.05) is 12.3 Å². The minimum absolute atomic E-state index is 0.0938. The number of nitrogens with zero attached hydrogens (tertiary/aromatic N) is 4. The van der Waals surface area contributed by atoms with Crippen molar-refractivity contribution in [1.82, 2.24) is 19.7 Å². The molecule has 0 bridgehead atoms. The SMILES string of the molecule is C=CCN(Cc1cccs1)C(=O)CSc1nnc(-c2cccs2)n1C1CC1. The zero-order valence-electron chi connectivity index (χ0n) is 14.8. The molecule has 4 rings (SSSR count). The second kappa shape index (κ2) is 8.41. The van der Waals surface area contributed by atoms with E-state index in [1.165, 1.54) is 16.6 Å². The Balaban J connectivity index is 1.46. The van der Waals surface area contributed by atoms with E-state index in [-0.39, 0.29) is 5.91 Å². The first-order chi connectivity index (χ1) is 13.3. The summed E-state index contributed by atoms with van der Waals surface area (Å²) in [7, 11) is 0. The molecule has 1 aliphatic carbocycles. The maximum atomic E-state index is 12.8. The van der Waals surface area contributed by atoms with E-state index in [0.29, 0.717) is 24.9 Å². The smallest absolute Gasteiger partial charge is 0.233 e. The van der Waals surface area contributed by atoms with Crippen LogP contribution in [0.15, 0.2) is 52.8 Å². The number of thioether (sulfide) groups is 1. The molecule has 1 saturated carbocycles. The van der Waals surface area contributed by atoms with Crippen LogP contribution in [0.5, 0.6) is 0 Å². The fraction of sp³-hybridized carbons (Fsp3) is 0.316. The molecule has 3 aromatic rings. The summed E-state index contributed by atoms with van der Waals surface area (Å²) in [5.41, 5.74) is 0. The van der Waals surface area contributed by atoms with Crippen molar-refractivity contribution in [2.45, 2.75) is 30.6 Å². The van der Waals surface area contributed by atoms with Crippen LogP contribution >= 0.6 is 34.4 Å². The zero-order chi connectivity index (χ0) is 18.6. The fourth-order valence-electron chi connectivity index (χ4n) is 2.83. The molecule has 5 nitrogen and oxygen atoms in total. The number of hydrogen-bond donors (Lipinski definition) is 0. The van der Waals surface area contributed by atoms with Gasteiger partial charge in [0.25, 0.3) is 0 Å². The van der Waals surface area contributed by atoms with Crippen LogP contribution in [0.4, 0.5) is 0 Å². The first-order valence-corrected chi connectivity index (χ1v) is 11.5. The topological polar surface area (TPSA) is 51.0 Å². The van der Waals surface area contributed by atoms with Gasteiger partial charge in [0.1, 0.15) is 0 Å². The summed E-state index contributed by atoms with van der Waals surface area (Å²) >= 11 is 4.81. The van der Waals surface area contributed by atoms with Crippen molar-refractivity contribution < 1.29 is 4.79 Å². The first kappa shape index (κ1) is 18.5.